The number of aryl methyl sites for hydroxylation is 1. The fourth-order valence-electron chi connectivity index (χ4n) is 5.26. The van der Waals surface area contributed by atoms with Crippen molar-refractivity contribution < 1.29 is 14.0 Å². The van der Waals surface area contributed by atoms with Crippen molar-refractivity contribution in [3.8, 4) is 0 Å². The molecular formula is C22H29FN2O2. The van der Waals surface area contributed by atoms with Gasteiger partial charge in [-0.3, -0.25) is 9.59 Å². The molecule has 1 spiro atoms. The lowest BCUT2D eigenvalue weighted by atomic mass is 9.77. The van der Waals surface area contributed by atoms with E-state index in [9.17, 15) is 14.0 Å². The normalized spacial score (nSPS) is 26.8. The highest BCUT2D eigenvalue weighted by Gasteiger charge is 2.50. The Hall–Kier alpha value is -1.91. The molecule has 3 fully saturated rings. The van der Waals surface area contributed by atoms with E-state index in [1.807, 2.05) is 6.92 Å². The van der Waals surface area contributed by atoms with Crippen LogP contribution in [0.4, 0.5) is 4.39 Å². The number of likely N-dealkylation sites (tertiary alicyclic amines) is 2. The molecule has 2 saturated heterocycles. The number of amides is 2. The van der Waals surface area contributed by atoms with Gasteiger partial charge >= 0.3 is 0 Å². The fraction of sp³-hybridized carbons (Fsp3) is 0.636. The second-order valence-corrected chi connectivity index (χ2v) is 8.61. The third kappa shape index (κ3) is 3.37. The van der Waals surface area contributed by atoms with Gasteiger partial charge in [0.25, 0.3) is 5.91 Å². The van der Waals surface area contributed by atoms with Crippen LogP contribution in [0.1, 0.15) is 67.3 Å². The zero-order chi connectivity index (χ0) is 19.0. The van der Waals surface area contributed by atoms with E-state index in [-0.39, 0.29) is 11.8 Å². The summed E-state index contributed by atoms with van der Waals surface area (Å²) >= 11 is 0. The van der Waals surface area contributed by atoms with Gasteiger partial charge in [-0.2, -0.15) is 0 Å². The summed E-state index contributed by atoms with van der Waals surface area (Å²) in [4.78, 5) is 30.3. The summed E-state index contributed by atoms with van der Waals surface area (Å²) in [5.74, 6) is -0.284. The second kappa shape index (κ2) is 7.25. The maximum atomic E-state index is 13.6. The molecular weight excluding hydrogens is 343 g/mol. The number of piperidine rings is 1. The van der Waals surface area contributed by atoms with E-state index < -0.39 is 11.2 Å². The van der Waals surface area contributed by atoms with Gasteiger partial charge in [0.2, 0.25) is 5.91 Å². The molecule has 1 atom stereocenters. The molecule has 2 amide bonds. The number of carbonyl (C=O) groups excluding carboxylic acids is 2. The molecule has 1 aliphatic carbocycles. The van der Waals surface area contributed by atoms with Crippen LogP contribution in [0, 0.1) is 18.2 Å². The Morgan fingerprint density at radius 1 is 1.11 bits per heavy atom. The lowest BCUT2D eigenvalue weighted by Gasteiger charge is -2.44. The second-order valence-electron chi connectivity index (χ2n) is 8.61. The molecule has 3 aliphatic rings. The molecule has 1 aromatic rings. The van der Waals surface area contributed by atoms with Gasteiger partial charge in [0.15, 0.2) is 0 Å². The maximum Gasteiger partial charge on any atom is 0.254 e. The van der Waals surface area contributed by atoms with E-state index in [2.05, 4.69) is 4.90 Å². The van der Waals surface area contributed by atoms with Crippen molar-refractivity contribution in [2.24, 2.45) is 5.41 Å². The molecule has 5 heteroatoms. The standard InChI is InChI=1S/C22H29FN2O2/c1-16-8-9-17(23)14-19(16)20(26)24-13-11-22(15-24)10-5-12-25(21(22)27)18-6-3-2-4-7-18/h8-9,14,18H,2-7,10-13,15H2,1H3/t22-/m1/s1. The van der Waals surface area contributed by atoms with Gasteiger partial charge in [0, 0.05) is 31.2 Å². The van der Waals surface area contributed by atoms with Gasteiger partial charge in [0.1, 0.15) is 5.82 Å². The highest BCUT2D eigenvalue weighted by molar-refractivity contribution is 5.96. The van der Waals surface area contributed by atoms with E-state index in [1.165, 1.54) is 31.4 Å². The van der Waals surface area contributed by atoms with Crippen LogP contribution in [0.3, 0.4) is 0 Å². The number of nitrogens with zero attached hydrogens (tertiary/aromatic N) is 2. The summed E-state index contributed by atoms with van der Waals surface area (Å²) in [5, 5.41) is 0. The third-order valence-electron chi connectivity index (χ3n) is 6.86. The Morgan fingerprint density at radius 3 is 2.67 bits per heavy atom. The first-order valence-corrected chi connectivity index (χ1v) is 10.4. The van der Waals surface area contributed by atoms with Gasteiger partial charge in [0.05, 0.1) is 5.41 Å². The smallest absolute Gasteiger partial charge is 0.254 e. The largest absolute Gasteiger partial charge is 0.339 e. The predicted molar refractivity (Wildman–Crippen MR) is 102 cm³/mol. The number of hydrogen-bond donors (Lipinski definition) is 0. The fourth-order valence-corrected chi connectivity index (χ4v) is 5.26. The van der Waals surface area contributed by atoms with Gasteiger partial charge in [-0.25, -0.2) is 4.39 Å². The summed E-state index contributed by atoms with van der Waals surface area (Å²) in [6, 6.07) is 4.73. The number of rotatable bonds is 2. The summed E-state index contributed by atoms with van der Waals surface area (Å²) in [6.07, 6.45) is 8.55. The van der Waals surface area contributed by atoms with Crippen LogP contribution in [0.5, 0.6) is 0 Å². The molecule has 2 heterocycles. The molecule has 2 aliphatic heterocycles. The molecule has 4 nitrogen and oxygen atoms in total. The van der Waals surface area contributed by atoms with Crippen molar-refractivity contribution in [2.45, 2.75) is 64.3 Å². The number of halogens is 1. The first-order valence-electron chi connectivity index (χ1n) is 10.4. The quantitative estimate of drug-likeness (QED) is 0.789. The van der Waals surface area contributed by atoms with Crippen molar-refractivity contribution in [1.29, 1.82) is 0 Å². The minimum atomic E-state index is -0.424. The third-order valence-corrected chi connectivity index (χ3v) is 6.86. The molecule has 0 N–H and O–H groups in total. The first-order chi connectivity index (χ1) is 13.0. The SMILES string of the molecule is Cc1ccc(F)cc1C(=O)N1CC[C@]2(CCCN(C3CCCCC3)C2=O)C1. The number of carbonyl (C=O) groups is 2. The topological polar surface area (TPSA) is 40.6 Å². The van der Waals surface area contributed by atoms with Gasteiger partial charge < -0.3 is 9.80 Å². The van der Waals surface area contributed by atoms with Gasteiger partial charge in [-0.15, -0.1) is 0 Å². The average molecular weight is 372 g/mol. The summed E-state index contributed by atoms with van der Waals surface area (Å²) in [6.45, 7) is 3.75. The van der Waals surface area contributed by atoms with Crippen molar-refractivity contribution in [1.82, 2.24) is 9.80 Å². The molecule has 1 aromatic carbocycles. The average Bonchev–Trinajstić information content (AvgIpc) is 3.11. The number of benzene rings is 1. The molecule has 146 valence electrons. The van der Waals surface area contributed by atoms with Crippen LogP contribution in [0.25, 0.3) is 0 Å². The van der Waals surface area contributed by atoms with E-state index in [0.717, 1.165) is 44.2 Å². The Bertz CT molecular complexity index is 744. The van der Waals surface area contributed by atoms with Gasteiger partial charge in [-0.1, -0.05) is 25.3 Å². The summed E-state index contributed by atoms with van der Waals surface area (Å²) < 4.78 is 13.6. The Kier molecular flexibility index (Phi) is 4.95. The monoisotopic (exact) mass is 372 g/mol. The van der Waals surface area contributed by atoms with E-state index in [0.29, 0.717) is 24.7 Å². The zero-order valence-corrected chi connectivity index (χ0v) is 16.2. The molecule has 4 rings (SSSR count). The lowest BCUT2D eigenvalue weighted by Crippen LogP contribution is -2.54. The van der Waals surface area contributed by atoms with Crippen LogP contribution < -0.4 is 0 Å². The molecule has 0 aromatic heterocycles. The van der Waals surface area contributed by atoms with Gasteiger partial charge in [-0.05, 0) is 56.7 Å². The van der Waals surface area contributed by atoms with E-state index >= 15 is 0 Å². The van der Waals surface area contributed by atoms with E-state index in [1.54, 1.807) is 11.0 Å². The van der Waals surface area contributed by atoms with Crippen LogP contribution in [0.2, 0.25) is 0 Å². The highest BCUT2D eigenvalue weighted by atomic mass is 19.1. The first kappa shape index (κ1) is 18.5. The molecule has 0 unspecified atom stereocenters. The molecule has 27 heavy (non-hydrogen) atoms. The highest BCUT2D eigenvalue weighted by Crippen LogP contribution is 2.42. The van der Waals surface area contributed by atoms with Crippen molar-refractivity contribution >= 4 is 11.8 Å². The van der Waals surface area contributed by atoms with Crippen molar-refractivity contribution in [3.63, 3.8) is 0 Å². The van der Waals surface area contributed by atoms with Crippen LogP contribution >= 0.6 is 0 Å². The van der Waals surface area contributed by atoms with Crippen molar-refractivity contribution in [2.75, 3.05) is 19.6 Å². The molecule has 0 bridgehead atoms. The Balaban J connectivity index is 1.51. The minimum absolute atomic E-state index is 0.147. The maximum absolute atomic E-state index is 13.6. The Labute approximate surface area is 160 Å². The van der Waals surface area contributed by atoms with E-state index in [4.69, 9.17) is 0 Å². The molecule has 0 radical (unpaired) electrons. The minimum Gasteiger partial charge on any atom is -0.339 e. The predicted octanol–water partition coefficient (Wildman–Crippen LogP) is 3.92. The van der Waals surface area contributed by atoms with Crippen LogP contribution in [0.15, 0.2) is 18.2 Å². The summed E-state index contributed by atoms with van der Waals surface area (Å²) in [7, 11) is 0. The van der Waals surface area contributed by atoms with Crippen LogP contribution in [-0.2, 0) is 4.79 Å². The zero-order valence-electron chi connectivity index (χ0n) is 16.2. The lowest BCUT2D eigenvalue weighted by molar-refractivity contribution is -0.149. The van der Waals surface area contributed by atoms with Crippen LogP contribution in [-0.4, -0.2) is 47.3 Å². The molecule has 1 saturated carbocycles. The van der Waals surface area contributed by atoms with Crippen molar-refractivity contribution in [3.05, 3.63) is 35.1 Å². The summed E-state index contributed by atoms with van der Waals surface area (Å²) in [5.41, 5.74) is 0.771. The number of hydrogen-bond acceptors (Lipinski definition) is 2. The Morgan fingerprint density at radius 2 is 1.89 bits per heavy atom.